The normalized spacial score (nSPS) is 22.8. The summed E-state index contributed by atoms with van der Waals surface area (Å²) < 4.78 is 31.1. The maximum atomic E-state index is 12.6. The second-order valence-electron chi connectivity index (χ2n) is 7.15. The Kier molecular flexibility index (Phi) is 6.16. The number of likely N-dealkylation sites (tertiary alicyclic amines) is 1. The van der Waals surface area contributed by atoms with E-state index in [2.05, 4.69) is 4.72 Å². The number of hydrogen-bond donors (Lipinski definition) is 1. The van der Waals surface area contributed by atoms with Gasteiger partial charge in [0.15, 0.2) is 6.61 Å². The fourth-order valence-corrected chi connectivity index (χ4v) is 4.91. The van der Waals surface area contributed by atoms with Crippen molar-refractivity contribution in [2.45, 2.75) is 49.5 Å². The van der Waals surface area contributed by atoms with Crippen molar-refractivity contribution >= 4 is 21.9 Å². The molecule has 27 heavy (non-hydrogen) atoms. The Balaban J connectivity index is 1.62. The summed E-state index contributed by atoms with van der Waals surface area (Å²) in [6, 6.07) is 5.85. The molecule has 8 heteroatoms. The summed E-state index contributed by atoms with van der Waals surface area (Å²) in [7, 11) is -2.35. The second-order valence-corrected chi connectivity index (χ2v) is 9.04. The summed E-state index contributed by atoms with van der Waals surface area (Å²) >= 11 is 0. The molecule has 1 N–H and O–H groups in total. The number of ether oxygens (including phenoxy) is 1. The Labute approximate surface area is 160 Å². The van der Waals surface area contributed by atoms with Crippen LogP contribution in [0.4, 0.5) is 0 Å². The summed E-state index contributed by atoms with van der Waals surface area (Å²) in [6.45, 7) is 0.401. The molecule has 0 bridgehead atoms. The molecule has 3 rings (SSSR count). The monoisotopic (exact) mass is 394 g/mol. The first kappa shape index (κ1) is 19.8. The molecule has 1 aromatic carbocycles. The van der Waals surface area contributed by atoms with E-state index in [9.17, 15) is 18.0 Å². The van der Waals surface area contributed by atoms with Crippen LogP contribution in [0.5, 0.6) is 0 Å². The zero-order valence-electron chi connectivity index (χ0n) is 15.5. The van der Waals surface area contributed by atoms with Crippen molar-refractivity contribution in [1.29, 1.82) is 0 Å². The van der Waals surface area contributed by atoms with Crippen molar-refractivity contribution in [2.75, 3.05) is 20.2 Å². The molecule has 1 heterocycles. The fourth-order valence-electron chi connectivity index (χ4n) is 4.14. The number of sulfonamides is 1. The highest BCUT2D eigenvalue weighted by molar-refractivity contribution is 7.89. The first-order valence-electron chi connectivity index (χ1n) is 9.42. The predicted molar refractivity (Wildman–Crippen MR) is 99.7 cm³/mol. The highest BCUT2D eigenvalue weighted by Gasteiger charge is 2.35. The van der Waals surface area contributed by atoms with Crippen LogP contribution in [0.2, 0.25) is 0 Å². The number of rotatable bonds is 5. The molecule has 148 valence electrons. The lowest BCUT2D eigenvalue weighted by atomic mass is 9.78. The molecule has 1 aliphatic carbocycles. The van der Waals surface area contributed by atoms with Crippen LogP contribution in [-0.4, -0.2) is 51.4 Å². The molecule has 1 aliphatic heterocycles. The lowest BCUT2D eigenvalue weighted by Crippen LogP contribution is -2.50. The lowest BCUT2D eigenvalue weighted by molar-refractivity contribution is -0.140. The lowest BCUT2D eigenvalue weighted by Gasteiger charge is -2.44. The largest absolute Gasteiger partial charge is 0.452 e. The highest BCUT2D eigenvalue weighted by atomic mass is 32.2. The molecular formula is C19H26N2O5S. The van der Waals surface area contributed by atoms with Gasteiger partial charge in [0.25, 0.3) is 5.91 Å². The third-order valence-corrected chi connectivity index (χ3v) is 6.95. The van der Waals surface area contributed by atoms with E-state index in [4.69, 9.17) is 4.74 Å². The van der Waals surface area contributed by atoms with Crippen LogP contribution in [0.15, 0.2) is 29.2 Å². The van der Waals surface area contributed by atoms with Crippen LogP contribution in [0, 0.1) is 5.92 Å². The van der Waals surface area contributed by atoms with Gasteiger partial charge in [-0.1, -0.05) is 18.9 Å². The van der Waals surface area contributed by atoms with Gasteiger partial charge in [0.1, 0.15) is 0 Å². The van der Waals surface area contributed by atoms with Gasteiger partial charge < -0.3 is 9.64 Å². The minimum atomic E-state index is -3.65. The number of nitrogens with zero attached hydrogens (tertiary/aromatic N) is 1. The summed E-state index contributed by atoms with van der Waals surface area (Å²) in [5.41, 5.74) is 0.105. The van der Waals surface area contributed by atoms with E-state index in [1.165, 1.54) is 50.6 Å². The minimum Gasteiger partial charge on any atom is -0.452 e. The Morgan fingerprint density at radius 1 is 1.19 bits per heavy atom. The second kappa shape index (κ2) is 8.39. The van der Waals surface area contributed by atoms with Gasteiger partial charge in [-0.05, 0) is 56.8 Å². The number of nitrogens with one attached hydrogen (secondary N) is 1. The van der Waals surface area contributed by atoms with E-state index in [-0.39, 0.29) is 29.0 Å². The van der Waals surface area contributed by atoms with Crippen LogP contribution in [-0.2, 0) is 19.6 Å². The number of benzene rings is 1. The maximum absolute atomic E-state index is 12.6. The summed E-state index contributed by atoms with van der Waals surface area (Å²) in [5, 5.41) is 0. The number of fused-ring (bicyclic) bond motifs is 1. The van der Waals surface area contributed by atoms with E-state index >= 15 is 0 Å². The Bertz CT molecular complexity index is 806. The quantitative estimate of drug-likeness (QED) is 0.771. The molecule has 0 unspecified atom stereocenters. The summed E-state index contributed by atoms with van der Waals surface area (Å²) in [5.74, 6) is -0.303. The number of amides is 1. The fraction of sp³-hybridized carbons (Fsp3) is 0.579. The van der Waals surface area contributed by atoms with Crippen LogP contribution >= 0.6 is 0 Å². The van der Waals surface area contributed by atoms with Crippen molar-refractivity contribution in [3.63, 3.8) is 0 Å². The predicted octanol–water partition coefficient (Wildman–Crippen LogP) is 1.93. The molecular weight excluding hydrogens is 368 g/mol. The third kappa shape index (κ3) is 4.50. The zero-order valence-corrected chi connectivity index (χ0v) is 16.3. The van der Waals surface area contributed by atoms with Crippen molar-refractivity contribution in [1.82, 2.24) is 9.62 Å². The van der Waals surface area contributed by atoms with Gasteiger partial charge in [-0.3, -0.25) is 4.79 Å². The smallest absolute Gasteiger partial charge is 0.338 e. The molecule has 7 nitrogen and oxygen atoms in total. The average Bonchev–Trinajstić information content (AvgIpc) is 2.71. The topological polar surface area (TPSA) is 92.8 Å². The highest BCUT2D eigenvalue weighted by Crippen LogP contribution is 2.35. The van der Waals surface area contributed by atoms with Gasteiger partial charge in [-0.25, -0.2) is 17.9 Å². The van der Waals surface area contributed by atoms with Crippen LogP contribution in [0.3, 0.4) is 0 Å². The molecule has 2 atom stereocenters. The van der Waals surface area contributed by atoms with Crippen LogP contribution in [0.25, 0.3) is 0 Å². The molecule has 0 radical (unpaired) electrons. The molecule has 1 aromatic rings. The van der Waals surface area contributed by atoms with Gasteiger partial charge in [0.05, 0.1) is 10.5 Å². The first-order chi connectivity index (χ1) is 12.9. The molecule has 0 spiro atoms. The van der Waals surface area contributed by atoms with E-state index in [0.717, 1.165) is 19.3 Å². The van der Waals surface area contributed by atoms with Crippen LogP contribution in [0.1, 0.15) is 48.9 Å². The van der Waals surface area contributed by atoms with Crippen molar-refractivity contribution < 1.29 is 22.7 Å². The number of hydrogen-bond acceptors (Lipinski definition) is 5. The summed E-state index contributed by atoms with van der Waals surface area (Å²) in [6.07, 6.45) is 6.71. The Hall–Kier alpha value is -1.93. The van der Waals surface area contributed by atoms with Gasteiger partial charge in [0.2, 0.25) is 10.0 Å². The van der Waals surface area contributed by atoms with E-state index in [1.54, 1.807) is 0 Å². The molecule has 1 saturated carbocycles. The van der Waals surface area contributed by atoms with Gasteiger partial charge >= 0.3 is 5.97 Å². The number of carbonyl (C=O) groups is 2. The maximum Gasteiger partial charge on any atom is 0.338 e. The minimum absolute atomic E-state index is 0.0214. The summed E-state index contributed by atoms with van der Waals surface area (Å²) in [4.78, 5) is 26.7. The number of carbonyl (C=O) groups excluding carboxylic acids is 2. The SMILES string of the molecule is CNS(=O)(=O)c1cccc(C(=O)OCC(=O)N2CCC[C@H]3CCCC[C@H]32)c1. The van der Waals surface area contributed by atoms with E-state index in [1.807, 2.05) is 4.90 Å². The Morgan fingerprint density at radius 3 is 2.70 bits per heavy atom. The number of esters is 1. The Morgan fingerprint density at radius 2 is 1.93 bits per heavy atom. The van der Waals surface area contributed by atoms with E-state index in [0.29, 0.717) is 12.5 Å². The third-order valence-electron chi connectivity index (χ3n) is 5.54. The average molecular weight is 394 g/mol. The molecule has 1 saturated heterocycles. The molecule has 0 aromatic heterocycles. The van der Waals surface area contributed by atoms with E-state index < -0.39 is 16.0 Å². The molecule has 1 amide bonds. The van der Waals surface area contributed by atoms with Crippen molar-refractivity contribution in [3.8, 4) is 0 Å². The van der Waals surface area contributed by atoms with Crippen LogP contribution < -0.4 is 4.72 Å². The van der Waals surface area contributed by atoms with Crippen molar-refractivity contribution in [2.24, 2.45) is 5.92 Å². The first-order valence-corrected chi connectivity index (χ1v) is 10.9. The standard InChI is InChI=1S/C19H26N2O5S/c1-20-27(24,25)16-9-4-7-15(12-16)19(23)26-13-18(22)21-11-5-8-14-6-2-3-10-17(14)21/h4,7,9,12,14,17,20H,2-3,5-6,8,10-11,13H2,1H3/t14-,17-/m1/s1. The molecule has 2 fully saturated rings. The molecule has 2 aliphatic rings. The van der Waals surface area contributed by atoms with Crippen molar-refractivity contribution in [3.05, 3.63) is 29.8 Å². The zero-order chi connectivity index (χ0) is 19.4. The van der Waals surface area contributed by atoms with Gasteiger partial charge in [-0.15, -0.1) is 0 Å². The number of piperidine rings is 1. The van der Waals surface area contributed by atoms with Gasteiger partial charge in [0, 0.05) is 12.6 Å². The van der Waals surface area contributed by atoms with Gasteiger partial charge in [-0.2, -0.15) is 0 Å².